The van der Waals surface area contributed by atoms with Crippen molar-refractivity contribution in [3.05, 3.63) is 44.8 Å². The summed E-state index contributed by atoms with van der Waals surface area (Å²) in [5.74, 6) is -0.681. The van der Waals surface area contributed by atoms with E-state index in [0.29, 0.717) is 22.5 Å². The molecule has 0 unspecified atom stereocenters. The molecule has 144 valence electrons. The summed E-state index contributed by atoms with van der Waals surface area (Å²) in [4.78, 5) is 35.9. The minimum absolute atomic E-state index is 0.0302. The van der Waals surface area contributed by atoms with E-state index in [-0.39, 0.29) is 23.8 Å². The molecule has 1 aromatic heterocycles. The van der Waals surface area contributed by atoms with Crippen molar-refractivity contribution in [2.75, 3.05) is 11.9 Å². The van der Waals surface area contributed by atoms with Gasteiger partial charge in [0, 0.05) is 29.0 Å². The summed E-state index contributed by atoms with van der Waals surface area (Å²) in [6.45, 7) is 5.75. The Labute approximate surface area is 161 Å². The molecule has 0 aliphatic carbocycles. The summed E-state index contributed by atoms with van der Waals surface area (Å²) < 4.78 is 5.18. The zero-order chi connectivity index (χ0) is 20.0. The fourth-order valence-electron chi connectivity index (χ4n) is 2.65. The molecule has 0 fully saturated rings. The molecule has 0 aliphatic heterocycles. The molecule has 8 heteroatoms. The van der Waals surface area contributed by atoms with Gasteiger partial charge in [0.15, 0.2) is 0 Å². The lowest BCUT2D eigenvalue weighted by molar-refractivity contribution is -0.384. The van der Waals surface area contributed by atoms with E-state index in [1.54, 1.807) is 19.1 Å². The monoisotopic (exact) mass is 390 g/mol. The summed E-state index contributed by atoms with van der Waals surface area (Å²) in [6.07, 6.45) is 2.04. The van der Waals surface area contributed by atoms with Gasteiger partial charge in [-0.2, -0.15) is 0 Å². The number of anilines is 1. The minimum atomic E-state index is -0.527. The third kappa shape index (κ3) is 4.91. The molecule has 2 aromatic rings. The predicted octanol–water partition coefficient (Wildman–Crippen LogP) is 4.94. The Balaban J connectivity index is 2.47. The van der Waals surface area contributed by atoms with Crippen LogP contribution in [0.3, 0.4) is 0 Å². The highest BCUT2D eigenvalue weighted by Crippen LogP contribution is 2.40. The SMILES string of the molecule is CCCCC(=O)Nc1sc(C)c(-c2ccc([N+](=O)[O-])cc2)c1C(=O)OCC. The van der Waals surface area contributed by atoms with Crippen LogP contribution >= 0.6 is 11.3 Å². The molecule has 0 bridgehead atoms. The first-order chi connectivity index (χ1) is 12.9. The van der Waals surface area contributed by atoms with Crippen molar-refractivity contribution in [2.24, 2.45) is 0 Å². The molecule has 1 amide bonds. The normalized spacial score (nSPS) is 10.5. The standard InChI is InChI=1S/C19H22N2O5S/c1-4-6-7-15(22)20-18-17(19(23)26-5-2)16(12(3)27-18)13-8-10-14(11-9-13)21(24)25/h8-11H,4-7H2,1-3H3,(H,20,22). The zero-order valence-electron chi connectivity index (χ0n) is 15.5. The predicted molar refractivity (Wildman–Crippen MR) is 105 cm³/mol. The van der Waals surface area contributed by atoms with Gasteiger partial charge >= 0.3 is 5.97 Å². The van der Waals surface area contributed by atoms with Crippen LogP contribution in [0.1, 0.15) is 48.3 Å². The van der Waals surface area contributed by atoms with Crippen LogP contribution in [0.4, 0.5) is 10.7 Å². The maximum Gasteiger partial charge on any atom is 0.341 e. The van der Waals surface area contributed by atoms with Crippen LogP contribution in [0.15, 0.2) is 24.3 Å². The number of non-ortho nitro benzene ring substituents is 1. The van der Waals surface area contributed by atoms with E-state index < -0.39 is 10.9 Å². The van der Waals surface area contributed by atoms with Crippen molar-refractivity contribution in [1.29, 1.82) is 0 Å². The number of nitro benzene ring substituents is 1. The van der Waals surface area contributed by atoms with Crippen molar-refractivity contribution >= 4 is 33.9 Å². The molecule has 1 aromatic carbocycles. The van der Waals surface area contributed by atoms with Gasteiger partial charge in [0.1, 0.15) is 10.6 Å². The average Bonchev–Trinajstić information content (AvgIpc) is 2.96. The van der Waals surface area contributed by atoms with Crippen LogP contribution < -0.4 is 5.32 Å². The highest BCUT2D eigenvalue weighted by Gasteiger charge is 2.25. The van der Waals surface area contributed by atoms with Gasteiger partial charge in [-0.1, -0.05) is 13.3 Å². The maximum atomic E-state index is 12.6. The van der Waals surface area contributed by atoms with Crippen LogP contribution in [-0.4, -0.2) is 23.4 Å². The number of ether oxygens (including phenoxy) is 1. The number of hydrogen-bond acceptors (Lipinski definition) is 6. The van der Waals surface area contributed by atoms with E-state index >= 15 is 0 Å². The van der Waals surface area contributed by atoms with E-state index in [2.05, 4.69) is 5.32 Å². The smallest absolute Gasteiger partial charge is 0.341 e. The number of amides is 1. The molecule has 27 heavy (non-hydrogen) atoms. The van der Waals surface area contributed by atoms with Crippen molar-refractivity contribution in [3.8, 4) is 11.1 Å². The fourth-order valence-corrected chi connectivity index (χ4v) is 3.74. The first-order valence-electron chi connectivity index (χ1n) is 8.74. The number of unbranched alkanes of at least 4 members (excludes halogenated alkanes) is 1. The van der Waals surface area contributed by atoms with Gasteiger partial charge in [0.2, 0.25) is 5.91 Å². The molecule has 0 spiro atoms. The Hall–Kier alpha value is -2.74. The first-order valence-corrected chi connectivity index (χ1v) is 9.55. The molecule has 0 radical (unpaired) electrons. The number of thiophene rings is 1. The maximum absolute atomic E-state index is 12.6. The third-order valence-electron chi connectivity index (χ3n) is 3.94. The minimum Gasteiger partial charge on any atom is -0.462 e. The Kier molecular flexibility index (Phi) is 7.06. The highest BCUT2D eigenvalue weighted by atomic mass is 32.1. The summed E-state index contributed by atoms with van der Waals surface area (Å²) in [5.41, 5.74) is 1.54. The second kappa shape index (κ2) is 9.27. The molecular formula is C19H22N2O5S. The van der Waals surface area contributed by atoms with E-state index in [0.717, 1.165) is 17.7 Å². The van der Waals surface area contributed by atoms with Crippen LogP contribution in [-0.2, 0) is 9.53 Å². The number of aryl methyl sites for hydroxylation is 1. The Morgan fingerprint density at radius 3 is 2.44 bits per heavy atom. The fraction of sp³-hybridized carbons (Fsp3) is 0.368. The second-order valence-electron chi connectivity index (χ2n) is 5.91. The average molecular weight is 390 g/mol. The van der Waals surface area contributed by atoms with Crippen molar-refractivity contribution in [1.82, 2.24) is 0 Å². The highest BCUT2D eigenvalue weighted by molar-refractivity contribution is 7.17. The van der Waals surface area contributed by atoms with E-state index in [1.807, 2.05) is 13.8 Å². The number of rotatable bonds is 8. The Bertz CT molecular complexity index is 843. The molecule has 0 atom stereocenters. The molecule has 0 saturated heterocycles. The van der Waals surface area contributed by atoms with Gasteiger partial charge in [0.25, 0.3) is 5.69 Å². The van der Waals surface area contributed by atoms with Crippen LogP contribution in [0.25, 0.3) is 11.1 Å². The molecule has 2 rings (SSSR count). The largest absolute Gasteiger partial charge is 0.462 e. The summed E-state index contributed by atoms with van der Waals surface area (Å²) >= 11 is 1.30. The summed E-state index contributed by atoms with van der Waals surface area (Å²) in [6, 6.07) is 5.97. The molecule has 0 aliphatic rings. The molecule has 7 nitrogen and oxygen atoms in total. The van der Waals surface area contributed by atoms with Crippen molar-refractivity contribution < 1.29 is 19.2 Å². The van der Waals surface area contributed by atoms with Gasteiger partial charge in [-0.3, -0.25) is 14.9 Å². The number of nitrogens with one attached hydrogen (secondary N) is 1. The lowest BCUT2D eigenvalue weighted by atomic mass is 10.0. The number of hydrogen-bond donors (Lipinski definition) is 1. The Morgan fingerprint density at radius 2 is 1.89 bits per heavy atom. The summed E-state index contributed by atoms with van der Waals surface area (Å²) in [7, 11) is 0. The van der Waals surface area contributed by atoms with Gasteiger partial charge < -0.3 is 10.1 Å². The van der Waals surface area contributed by atoms with Gasteiger partial charge in [-0.15, -0.1) is 11.3 Å². The number of carbonyl (C=O) groups is 2. The van der Waals surface area contributed by atoms with E-state index in [4.69, 9.17) is 4.74 Å². The van der Waals surface area contributed by atoms with Crippen LogP contribution in [0.2, 0.25) is 0 Å². The number of benzene rings is 1. The molecular weight excluding hydrogens is 368 g/mol. The van der Waals surface area contributed by atoms with Crippen molar-refractivity contribution in [2.45, 2.75) is 40.0 Å². The van der Waals surface area contributed by atoms with E-state index in [1.165, 1.54) is 23.5 Å². The second-order valence-corrected chi connectivity index (χ2v) is 7.14. The topological polar surface area (TPSA) is 98.5 Å². The summed E-state index contributed by atoms with van der Waals surface area (Å²) in [5, 5.41) is 14.1. The Morgan fingerprint density at radius 1 is 1.22 bits per heavy atom. The zero-order valence-corrected chi connectivity index (χ0v) is 16.4. The lowest BCUT2D eigenvalue weighted by Gasteiger charge is -2.09. The lowest BCUT2D eigenvalue weighted by Crippen LogP contribution is -2.14. The quantitative estimate of drug-likeness (QED) is 0.391. The van der Waals surface area contributed by atoms with Crippen LogP contribution in [0.5, 0.6) is 0 Å². The number of carbonyl (C=O) groups excluding carboxylic acids is 2. The first kappa shape index (κ1) is 20.6. The molecule has 0 saturated carbocycles. The number of esters is 1. The van der Waals surface area contributed by atoms with Crippen molar-refractivity contribution in [3.63, 3.8) is 0 Å². The van der Waals surface area contributed by atoms with Gasteiger partial charge in [-0.05, 0) is 38.0 Å². The van der Waals surface area contributed by atoms with Gasteiger partial charge in [0.05, 0.1) is 11.5 Å². The molecule has 1 N–H and O–H groups in total. The molecule has 1 heterocycles. The third-order valence-corrected chi connectivity index (χ3v) is 4.96. The van der Waals surface area contributed by atoms with Gasteiger partial charge in [-0.25, -0.2) is 4.79 Å². The number of nitro groups is 1. The number of nitrogens with zero attached hydrogens (tertiary/aromatic N) is 1. The van der Waals surface area contributed by atoms with Crippen LogP contribution in [0, 0.1) is 17.0 Å². The van der Waals surface area contributed by atoms with E-state index in [9.17, 15) is 19.7 Å².